The minimum absolute atomic E-state index is 0.518. The fraction of sp³-hybridized carbons (Fsp3) is 0.462. The molecule has 0 fully saturated rings. The van der Waals surface area contributed by atoms with E-state index >= 15 is 0 Å². The lowest BCUT2D eigenvalue weighted by Crippen LogP contribution is -2.06. The van der Waals surface area contributed by atoms with Crippen molar-refractivity contribution in [3.05, 3.63) is 28.3 Å². The summed E-state index contributed by atoms with van der Waals surface area (Å²) in [6.45, 7) is 7.39. The number of hydrogen-bond acceptors (Lipinski definition) is 4. The van der Waals surface area contributed by atoms with Gasteiger partial charge in [0.2, 0.25) is 5.89 Å². The van der Waals surface area contributed by atoms with Crippen molar-refractivity contribution in [2.75, 3.05) is 0 Å². The Kier molecular flexibility index (Phi) is 3.21. The van der Waals surface area contributed by atoms with E-state index in [-0.39, 0.29) is 0 Å². The highest BCUT2D eigenvalue weighted by molar-refractivity contribution is 7.71. The van der Waals surface area contributed by atoms with E-state index in [9.17, 15) is 0 Å². The van der Waals surface area contributed by atoms with E-state index in [1.807, 2.05) is 23.1 Å². The van der Waals surface area contributed by atoms with Gasteiger partial charge in [0.1, 0.15) is 17.8 Å². The standard InChI is InChI=1S/C13H17N5OS/c1-4-9-6-14-10(19-9)7-17-12-11(15-13(17)20)8(3)16-18(12)5-2/h6H,4-5,7H2,1-3H3,(H,15,20). The van der Waals surface area contributed by atoms with Crippen molar-refractivity contribution in [3.63, 3.8) is 0 Å². The van der Waals surface area contributed by atoms with Gasteiger partial charge in [0.25, 0.3) is 0 Å². The molecule has 3 heterocycles. The normalized spacial score (nSPS) is 11.6. The lowest BCUT2D eigenvalue weighted by atomic mass is 10.4. The third-order valence-corrected chi connectivity index (χ3v) is 3.70. The maximum Gasteiger partial charge on any atom is 0.214 e. The molecule has 1 N–H and O–H groups in total. The number of imidazole rings is 1. The Bertz CT molecular complexity index is 807. The van der Waals surface area contributed by atoms with Crippen LogP contribution in [0.15, 0.2) is 10.6 Å². The Morgan fingerprint density at radius 1 is 1.40 bits per heavy atom. The zero-order valence-corrected chi connectivity index (χ0v) is 12.6. The molecule has 0 bridgehead atoms. The molecule has 3 rings (SSSR count). The van der Waals surface area contributed by atoms with Gasteiger partial charge < -0.3 is 9.40 Å². The van der Waals surface area contributed by atoms with Crippen LogP contribution < -0.4 is 0 Å². The number of rotatable bonds is 4. The number of H-pyrrole nitrogens is 1. The molecule has 20 heavy (non-hydrogen) atoms. The molecular formula is C13H17N5OS. The number of fused-ring (bicyclic) bond motifs is 1. The predicted molar refractivity (Wildman–Crippen MR) is 78.3 cm³/mol. The van der Waals surface area contributed by atoms with Crippen molar-refractivity contribution in [3.8, 4) is 0 Å². The Labute approximate surface area is 121 Å². The van der Waals surface area contributed by atoms with Crippen LogP contribution in [0.2, 0.25) is 0 Å². The molecule has 7 heteroatoms. The number of aromatic amines is 1. The first-order valence-corrected chi connectivity index (χ1v) is 7.14. The second-order valence-corrected chi connectivity index (χ2v) is 5.08. The molecule has 6 nitrogen and oxygen atoms in total. The average Bonchev–Trinajstić information content (AvgIpc) is 3.09. The number of oxazole rings is 1. The van der Waals surface area contributed by atoms with Crippen LogP contribution in [0.1, 0.15) is 31.2 Å². The van der Waals surface area contributed by atoms with E-state index in [0.29, 0.717) is 17.2 Å². The van der Waals surface area contributed by atoms with E-state index in [0.717, 1.165) is 35.6 Å². The van der Waals surface area contributed by atoms with Crippen molar-refractivity contribution >= 4 is 23.4 Å². The van der Waals surface area contributed by atoms with Crippen molar-refractivity contribution in [2.24, 2.45) is 0 Å². The number of aromatic nitrogens is 5. The minimum atomic E-state index is 0.518. The SMILES string of the molecule is CCc1cnc(Cn2c(=S)[nH]c3c(C)nn(CC)c32)o1. The number of nitrogens with one attached hydrogen (secondary N) is 1. The van der Waals surface area contributed by atoms with Gasteiger partial charge in [0.15, 0.2) is 10.4 Å². The van der Waals surface area contributed by atoms with Crippen LogP contribution in [0.3, 0.4) is 0 Å². The zero-order chi connectivity index (χ0) is 14.3. The fourth-order valence-electron chi connectivity index (χ4n) is 2.35. The molecular weight excluding hydrogens is 274 g/mol. The molecule has 3 aromatic rings. The smallest absolute Gasteiger partial charge is 0.214 e. The van der Waals surface area contributed by atoms with E-state index in [2.05, 4.69) is 22.0 Å². The van der Waals surface area contributed by atoms with Gasteiger partial charge in [0, 0.05) is 13.0 Å². The molecule has 0 atom stereocenters. The monoisotopic (exact) mass is 291 g/mol. The number of nitrogens with zero attached hydrogens (tertiary/aromatic N) is 4. The van der Waals surface area contributed by atoms with Crippen molar-refractivity contribution in [1.82, 2.24) is 24.3 Å². The van der Waals surface area contributed by atoms with Gasteiger partial charge in [0.05, 0.1) is 11.9 Å². The van der Waals surface area contributed by atoms with Gasteiger partial charge in [-0.2, -0.15) is 5.10 Å². The van der Waals surface area contributed by atoms with Crippen molar-refractivity contribution in [2.45, 2.75) is 40.3 Å². The van der Waals surface area contributed by atoms with Gasteiger partial charge in [-0.3, -0.25) is 4.57 Å². The highest BCUT2D eigenvalue weighted by Crippen LogP contribution is 2.19. The van der Waals surface area contributed by atoms with Crippen LogP contribution in [0, 0.1) is 11.7 Å². The molecule has 0 saturated heterocycles. The predicted octanol–water partition coefficient (Wildman–Crippen LogP) is 2.82. The van der Waals surface area contributed by atoms with E-state index in [4.69, 9.17) is 16.6 Å². The second-order valence-electron chi connectivity index (χ2n) is 4.69. The van der Waals surface area contributed by atoms with Crippen LogP contribution in [0.25, 0.3) is 11.2 Å². The lowest BCUT2D eigenvalue weighted by molar-refractivity contribution is 0.445. The first-order valence-electron chi connectivity index (χ1n) is 6.73. The van der Waals surface area contributed by atoms with Crippen molar-refractivity contribution in [1.29, 1.82) is 0 Å². The first kappa shape index (κ1) is 13.1. The van der Waals surface area contributed by atoms with Crippen molar-refractivity contribution < 1.29 is 4.42 Å². The zero-order valence-electron chi connectivity index (χ0n) is 11.8. The van der Waals surface area contributed by atoms with Crippen LogP contribution in [-0.4, -0.2) is 24.3 Å². The second kappa shape index (κ2) is 4.90. The van der Waals surface area contributed by atoms with Gasteiger partial charge in [-0.1, -0.05) is 6.92 Å². The molecule has 0 aliphatic heterocycles. The third-order valence-electron chi connectivity index (χ3n) is 3.38. The highest BCUT2D eigenvalue weighted by atomic mass is 32.1. The number of hydrogen-bond donors (Lipinski definition) is 1. The van der Waals surface area contributed by atoms with Crippen LogP contribution in [0.4, 0.5) is 0 Å². The summed E-state index contributed by atoms with van der Waals surface area (Å²) in [5, 5.41) is 4.50. The lowest BCUT2D eigenvalue weighted by Gasteiger charge is -2.03. The summed E-state index contributed by atoms with van der Waals surface area (Å²) in [6, 6.07) is 0. The quantitative estimate of drug-likeness (QED) is 0.751. The Hall–Kier alpha value is -1.89. The summed E-state index contributed by atoms with van der Waals surface area (Å²) in [4.78, 5) is 7.51. The Morgan fingerprint density at radius 3 is 2.85 bits per heavy atom. The van der Waals surface area contributed by atoms with Crippen LogP contribution in [-0.2, 0) is 19.5 Å². The van der Waals surface area contributed by atoms with Gasteiger partial charge >= 0.3 is 0 Å². The molecule has 0 radical (unpaired) electrons. The largest absolute Gasteiger partial charge is 0.444 e. The molecule has 0 aliphatic rings. The average molecular weight is 291 g/mol. The molecule has 0 unspecified atom stereocenters. The number of aryl methyl sites for hydroxylation is 3. The van der Waals surface area contributed by atoms with Gasteiger partial charge in [-0.25, -0.2) is 9.67 Å². The maximum absolute atomic E-state index is 5.67. The Balaban J connectivity index is 2.10. The molecule has 0 aromatic carbocycles. The van der Waals surface area contributed by atoms with Crippen LogP contribution >= 0.6 is 12.2 Å². The minimum Gasteiger partial charge on any atom is -0.444 e. The van der Waals surface area contributed by atoms with E-state index in [1.165, 1.54) is 0 Å². The third kappa shape index (κ3) is 1.98. The maximum atomic E-state index is 5.67. The molecule has 3 aromatic heterocycles. The molecule has 106 valence electrons. The summed E-state index contributed by atoms with van der Waals surface area (Å²) in [7, 11) is 0. The molecule has 0 aliphatic carbocycles. The van der Waals surface area contributed by atoms with Gasteiger partial charge in [-0.05, 0) is 26.1 Å². The summed E-state index contributed by atoms with van der Waals surface area (Å²) in [6.07, 6.45) is 2.61. The molecule has 0 amide bonds. The summed E-state index contributed by atoms with van der Waals surface area (Å²) in [5.41, 5.74) is 2.93. The van der Waals surface area contributed by atoms with Gasteiger partial charge in [-0.15, -0.1) is 0 Å². The summed E-state index contributed by atoms with van der Waals surface area (Å²) >= 11 is 5.40. The first-order chi connectivity index (χ1) is 9.63. The Morgan fingerprint density at radius 2 is 2.20 bits per heavy atom. The molecule has 0 saturated carbocycles. The fourth-order valence-corrected chi connectivity index (χ4v) is 2.60. The van der Waals surface area contributed by atoms with E-state index < -0.39 is 0 Å². The summed E-state index contributed by atoms with van der Waals surface area (Å²) < 4.78 is 10.3. The topological polar surface area (TPSA) is 64.6 Å². The van der Waals surface area contributed by atoms with E-state index in [1.54, 1.807) is 6.20 Å². The molecule has 0 spiro atoms. The highest BCUT2D eigenvalue weighted by Gasteiger charge is 2.15. The summed E-state index contributed by atoms with van der Waals surface area (Å²) in [5.74, 6) is 1.55. The van der Waals surface area contributed by atoms with Crippen LogP contribution in [0.5, 0.6) is 0 Å².